The van der Waals surface area contributed by atoms with Gasteiger partial charge in [-0.25, -0.2) is 0 Å². The highest BCUT2D eigenvalue weighted by molar-refractivity contribution is 7.90. The van der Waals surface area contributed by atoms with Crippen LogP contribution >= 0.6 is 11.3 Å². The molecule has 6 heteroatoms. The first-order valence-corrected chi connectivity index (χ1v) is 10.2. The Kier molecular flexibility index (Phi) is 4.60. The second-order valence-electron chi connectivity index (χ2n) is 5.63. The monoisotopic (exact) mass is 360 g/mol. The van der Waals surface area contributed by atoms with Gasteiger partial charge in [-0.15, -0.1) is 4.40 Å². The first-order valence-electron chi connectivity index (χ1n) is 7.95. The Hall–Kier alpha value is -1.92. The molecule has 0 spiro atoms. The Morgan fingerprint density at radius 3 is 2.42 bits per heavy atom. The van der Waals surface area contributed by atoms with Gasteiger partial charge in [0.05, 0.1) is 15.1 Å². The first kappa shape index (κ1) is 16.9. The molecule has 0 aliphatic heterocycles. The van der Waals surface area contributed by atoms with Crippen molar-refractivity contribution in [3.63, 3.8) is 0 Å². The Bertz CT molecular complexity index is 1040. The highest BCUT2D eigenvalue weighted by Crippen LogP contribution is 2.22. The number of hydrogen-bond acceptors (Lipinski definition) is 3. The molecule has 3 rings (SSSR count). The van der Waals surface area contributed by atoms with Crippen LogP contribution in [-0.4, -0.2) is 13.0 Å². The Morgan fingerprint density at radius 1 is 1.08 bits per heavy atom. The zero-order valence-electron chi connectivity index (χ0n) is 14.0. The lowest BCUT2D eigenvalue weighted by molar-refractivity contribution is 0.595. The second-order valence-corrected chi connectivity index (χ2v) is 8.24. The Morgan fingerprint density at radius 2 is 1.79 bits per heavy atom. The molecule has 0 saturated carbocycles. The number of aryl methyl sites for hydroxylation is 3. The summed E-state index contributed by atoms with van der Waals surface area (Å²) in [7, 11) is -3.72. The number of fused-ring (bicyclic) bond motifs is 1. The van der Waals surface area contributed by atoms with Crippen molar-refractivity contribution in [3.05, 3.63) is 58.4 Å². The van der Waals surface area contributed by atoms with Gasteiger partial charge >= 0.3 is 0 Å². The molecule has 0 aliphatic carbocycles. The second kappa shape index (κ2) is 6.53. The molecule has 1 heterocycles. The zero-order chi connectivity index (χ0) is 17.3. The SMILES string of the molecule is CCc1cccc2s/c(=N\S(=O)(=O)c3ccc(C)cc3)n(CC)c12. The van der Waals surface area contributed by atoms with Crippen molar-refractivity contribution in [2.24, 2.45) is 4.40 Å². The van der Waals surface area contributed by atoms with E-state index in [9.17, 15) is 8.42 Å². The van der Waals surface area contributed by atoms with Crippen LogP contribution < -0.4 is 4.80 Å². The molecule has 0 unspecified atom stereocenters. The molecule has 4 nitrogen and oxygen atoms in total. The minimum absolute atomic E-state index is 0.226. The topological polar surface area (TPSA) is 51.4 Å². The third-order valence-corrected chi connectivity index (χ3v) is 6.44. The maximum Gasteiger partial charge on any atom is 0.285 e. The Labute approximate surface area is 146 Å². The fraction of sp³-hybridized carbons (Fsp3) is 0.278. The highest BCUT2D eigenvalue weighted by atomic mass is 32.2. The van der Waals surface area contributed by atoms with Gasteiger partial charge in [-0.3, -0.25) is 0 Å². The largest absolute Gasteiger partial charge is 0.316 e. The number of rotatable bonds is 4. The molecule has 126 valence electrons. The predicted octanol–water partition coefficient (Wildman–Crippen LogP) is 3.88. The van der Waals surface area contributed by atoms with Crippen molar-refractivity contribution < 1.29 is 8.42 Å². The molecule has 3 aromatic rings. The maximum absolute atomic E-state index is 12.6. The molecule has 24 heavy (non-hydrogen) atoms. The molecule has 0 N–H and O–H groups in total. The molecule has 1 aromatic heterocycles. The van der Waals surface area contributed by atoms with Crippen LogP contribution in [0.5, 0.6) is 0 Å². The molecule has 0 fully saturated rings. The number of aromatic nitrogens is 1. The van der Waals surface area contributed by atoms with E-state index in [0.717, 1.165) is 22.2 Å². The van der Waals surface area contributed by atoms with E-state index in [1.54, 1.807) is 24.3 Å². The number of sulfonamides is 1. The minimum Gasteiger partial charge on any atom is -0.316 e. The van der Waals surface area contributed by atoms with E-state index < -0.39 is 10.0 Å². The summed E-state index contributed by atoms with van der Waals surface area (Å²) in [6.07, 6.45) is 0.901. The summed E-state index contributed by atoms with van der Waals surface area (Å²) in [5, 5.41) is 0. The summed E-state index contributed by atoms with van der Waals surface area (Å²) in [4.78, 5) is 0.748. The van der Waals surface area contributed by atoms with Crippen molar-refractivity contribution in [1.29, 1.82) is 0 Å². The number of nitrogens with zero attached hydrogens (tertiary/aromatic N) is 2. The van der Waals surface area contributed by atoms with E-state index in [4.69, 9.17) is 0 Å². The van der Waals surface area contributed by atoms with Crippen LogP contribution in [0.1, 0.15) is 25.0 Å². The molecule has 0 radical (unpaired) electrons. The van der Waals surface area contributed by atoms with Crippen LogP contribution in [0, 0.1) is 6.92 Å². The molecule has 0 bridgehead atoms. The predicted molar refractivity (Wildman–Crippen MR) is 98.8 cm³/mol. The quantitative estimate of drug-likeness (QED) is 0.709. The summed E-state index contributed by atoms with van der Waals surface area (Å²) < 4.78 is 32.5. The van der Waals surface area contributed by atoms with Gasteiger partial charge in [0.15, 0.2) is 0 Å². The molecule has 0 atom stereocenters. The molecule has 0 amide bonds. The van der Waals surface area contributed by atoms with E-state index in [2.05, 4.69) is 17.4 Å². The summed E-state index contributed by atoms with van der Waals surface area (Å²) in [5.41, 5.74) is 3.32. The number of thiazole rings is 1. The highest BCUT2D eigenvalue weighted by Gasteiger charge is 2.15. The lowest BCUT2D eigenvalue weighted by Gasteiger charge is -2.05. The Balaban J connectivity index is 2.25. The van der Waals surface area contributed by atoms with Gasteiger partial charge in [-0.1, -0.05) is 48.1 Å². The maximum atomic E-state index is 12.6. The smallest absolute Gasteiger partial charge is 0.285 e. The zero-order valence-corrected chi connectivity index (χ0v) is 15.6. The summed E-state index contributed by atoms with van der Waals surface area (Å²) in [6.45, 7) is 6.72. The van der Waals surface area contributed by atoms with E-state index in [-0.39, 0.29) is 4.90 Å². The van der Waals surface area contributed by atoms with Crippen LogP contribution in [0.4, 0.5) is 0 Å². The van der Waals surface area contributed by atoms with Gasteiger partial charge in [-0.05, 0) is 44.0 Å². The fourth-order valence-corrected chi connectivity index (χ4v) is 5.06. The molecule has 0 saturated heterocycles. The van der Waals surface area contributed by atoms with Crippen molar-refractivity contribution >= 4 is 31.6 Å². The molecule has 0 aliphatic rings. The number of para-hydroxylation sites is 1. The van der Waals surface area contributed by atoms with Crippen LogP contribution in [0.2, 0.25) is 0 Å². The average molecular weight is 361 g/mol. The number of hydrogen-bond donors (Lipinski definition) is 0. The van der Waals surface area contributed by atoms with Gasteiger partial charge in [0.2, 0.25) is 4.80 Å². The fourth-order valence-electron chi connectivity index (χ4n) is 2.72. The third kappa shape index (κ3) is 3.03. The summed E-state index contributed by atoms with van der Waals surface area (Å²) in [6, 6.07) is 12.9. The lowest BCUT2D eigenvalue weighted by atomic mass is 10.1. The van der Waals surface area contributed by atoms with E-state index in [1.807, 2.05) is 30.5 Å². The van der Waals surface area contributed by atoms with Gasteiger partial charge in [0, 0.05) is 6.54 Å². The van der Waals surface area contributed by atoms with E-state index >= 15 is 0 Å². The van der Waals surface area contributed by atoms with Crippen LogP contribution in [0.3, 0.4) is 0 Å². The van der Waals surface area contributed by atoms with Gasteiger partial charge in [0.25, 0.3) is 10.0 Å². The normalized spacial score (nSPS) is 12.9. The van der Waals surface area contributed by atoms with Crippen LogP contribution in [-0.2, 0) is 23.0 Å². The van der Waals surface area contributed by atoms with E-state index in [0.29, 0.717) is 11.3 Å². The minimum atomic E-state index is -3.72. The molecule has 2 aromatic carbocycles. The van der Waals surface area contributed by atoms with Gasteiger partial charge in [0.1, 0.15) is 0 Å². The van der Waals surface area contributed by atoms with Crippen molar-refractivity contribution in [3.8, 4) is 0 Å². The molecular weight excluding hydrogens is 340 g/mol. The third-order valence-electron chi connectivity index (χ3n) is 4.00. The van der Waals surface area contributed by atoms with Gasteiger partial charge in [-0.2, -0.15) is 8.42 Å². The average Bonchev–Trinajstić information content (AvgIpc) is 2.91. The van der Waals surface area contributed by atoms with Gasteiger partial charge < -0.3 is 4.57 Å². The van der Waals surface area contributed by atoms with Crippen molar-refractivity contribution in [1.82, 2.24) is 4.57 Å². The van der Waals surface area contributed by atoms with Crippen molar-refractivity contribution in [2.75, 3.05) is 0 Å². The van der Waals surface area contributed by atoms with Crippen molar-refractivity contribution in [2.45, 2.75) is 38.6 Å². The standard InChI is InChI=1S/C18H20N2O2S2/c1-4-14-7-6-8-16-17(14)20(5-2)18(23-16)19-24(21,22)15-11-9-13(3)10-12-15/h6-12H,4-5H2,1-3H3/b19-18-. The molecular formula is C18H20N2O2S2. The van der Waals surface area contributed by atoms with Crippen LogP contribution in [0.25, 0.3) is 10.2 Å². The van der Waals surface area contributed by atoms with Crippen LogP contribution in [0.15, 0.2) is 51.8 Å². The first-order chi connectivity index (χ1) is 11.5. The lowest BCUT2D eigenvalue weighted by Crippen LogP contribution is -2.16. The number of benzene rings is 2. The van der Waals surface area contributed by atoms with E-state index in [1.165, 1.54) is 16.9 Å². The summed E-state index contributed by atoms with van der Waals surface area (Å²) >= 11 is 1.42. The summed E-state index contributed by atoms with van der Waals surface area (Å²) in [5.74, 6) is 0.